The molecule has 3 rings (SSSR count). The van der Waals surface area contributed by atoms with E-state index in [4.69, 9.17) is 0 Å². The lowest BCUT2D eigenvalue weighted by Gasteiger charge is -2.24. The van der Waals surface area contributed by atoms with Gasteiger partial charge in [0.2, 0.25) is 0 Å². The van der Waals surface area contributed by atoms with Gasteiger partial charge in [-0.05, 0) is 49.3 Å². The second kappa shape index (κ2) is 3.83. The lowest BCUT2D eigenvalue weighted by molar-refractivity contribution is 0.637. The molecule has 16 heavy (non-hydrogen) atoms. The predicted octanol–water partition coefficient (Wildman–Crippen LogP) is 3.20. The summed E-state index contributed by atoms with van der Waals surface area (Å²) in [5.41, 5.74) is 3.87. The number of benzene rings is 1. The zero-order chi connectivity index (χ0) is 11.0. The van der Waals surface area contributed by atoms with Gasteiger partial charge in [-0.25, -0.2) is 0 Å². The molecular weight excluding hydrogens is 196 g/mol. The Labute approximate surface area is 96.3 Å². The van der Waals surface area contributed by atoms with Crippen LogP contribution in [0.5, 0.6) is 0 Å². The van der Waals surface area contributed by atoms with E-state index < -0.39 is 0 Å². The molecule has 2 heteroatoms. The minimum Gasteiger partial charge on any atom is -0.382 e. The lowest BCUT2D eigenvalue weighted by Crippen LogP contribution is -2.13. The van der Waals surface area contributed by atoms with E-state index in [1.54, 1.807) is 0 Å². The van der Waals surface area contributed by atoms with Crippen LogP contribution in [-0.2, 0) is 6.42 Å². The number of hydrogen-bond donors (Lipinski definition) is 1. The number of rotatable bonds is 2. The molecule has 0 saturated heterocycles. The molecule has 1 aromatic carbocycles. The fourth-order valence-corrected chi connectivity index (χ4v) is 2.59. The van der Waals surface area contributed by atoms with Gasteiger partial charge in [-0.2, -0.15) is 5.26 Å². The molecule has 0 heterocycles. The molecule has 1 saturated carbocycles. The number of nitrogens with one attached hydrogen (secondary N) is 1. The van der Waals surface area contributed by atoms with Gasteiger partial charge in [-0.1, -0.05) is 12.1 Å². The van der Waals surface area contributed by atoms with Gasteiger partial charge in [0.25, 0.3) is 0 Å². The predicted molar refractivity (Wildman–Crippen MR) is 64.4 cm³/mol. The summed E-state index contributed by atoms with van der Waals surface area (Å²) < 4.78 is 0. The summed E-state index contributed by atoms with van der Waals surface area (Å²) in [6.45, 7) is 0. The van der Waals surface area contributed by atoms with Gasteiger partial charge in [-0.15, -0.1) is 0 Å². The molecule has 1 atom stereocenters. The van der Waals surface area contributed by atoms with E-state index in [-0.39, 0.29) is 5.92 Å². The Hall–Kier alpha value is -1.49. The third-order valence-electron chi connectivity index (χ3n) is 3.58. The number of nitrogens with zero attached hydrogens (tertiary/aromatic N) is 1. The quantitative estimate of drug-likeness (QED) is 0.817. The Balaban J connectivity index is 2.00. The van der Waals surface area contributed by atoms with E-state index in [1.165, 1.54) is 29.7 Å². The van der Waals surface area contributed by atoms with Crippen LogP contribution < -0.4 is 5.32 Å². The van der Waals surface area contributed by atoms with E-state index in [2.05, 4.69) is 29.6 Å². The van der Waals surface area contributed by atoms with Gasteiger partial charge in [0.05, 0.1) is 12.0 Å². The molecular formula is C14H16N2. The standard InChI is InChI=1S/C14H16N2/c15-9-11-5-1-3-10-4-2-6-13(14(10)11)16-12-7-8-12/h2,4,6,11-12,16H,1,3,5,7-8H2. The van der Waals surface area contributed by atoms with Gasteiger partial charge in [0.15, 0.2) is 0 Å². The average Bonchev–Trinajstić information content (AvgIpc) is 3.12. The molecule has 2 nitrogen and oxygen atoms in total. The van der Waals surface area contributed by atoms with Gasteiger partial charge in [-0.3, -0.25) is 0 Å². The Bertz CT molecular complexity index is 441. The first-order valence-corrected chi connectivity index (χ1v) is 6.16. The van der Waals surface area contributed by atoms with Crippen LogP contribution in [0.3, 0.4) is 0 Å². The summed E-state index contributed by atoms with van der Waals surface area (Å²) in [4.78, 5) is 0. The molecule has 0 aliphatic heterocycles. The molecule has 2 aliphatic carbocycles. The third-order valence-corrected chi connectivity index (χ3v) is 3.58. The molecule has 0 aromatic heterocycles. The van der Waals surface area contributed by atoms with Gasteiger partial charge in [0, 0.05) is 11.7 Å². The van der Waals surface area contributed by atoms with Crippen LogP contribution in [-0.4, -0.2) is 6.04 Å². The largest absolute Gasteiger partial charge is 0.382 e. The highest BCUT2D eigenvalue weighted by Gasteiger charge is 2.26. The Kier molecular flexibility index (Phi) is 2.32. The number of hydrogen-bond acceptors (Lipinski definition) is 2. The number of anilines is 1. The SMILES string of the molecule is N#CC1CCCc2cccc(NC3CC3)c21. The van der Waals surface area contributed by atoms with Crippen LogP contribution in [0, 0.1) is 11.3 Å². The first-order valence-electron chi connectivity index (χ1n) is 6.16. The third kappa shape index (κ3) is 1.67. The van der Waals surface area contributed by atoms with E-state index >= 15 is 0 Å². The monoisotopic (exact) mass is 212 g/mol. The lowest BCUT2D eigenvalue weighted by atomic mass is 9.82. The molecule has 0 bridgehead atoms. The molecule has 1 fully saturated rings. The van der Waals surface area contributed by atoms with Crippen molar-refractivity contribution in [3.05, 3.63) is 29.3 Å². The summed E-state index contributed by atoms with van der Waals surface area (Å²) in [5, 5.41) is 12.8. The second-order valence-corrected chi connectivity index (χ2v) is 4.87. The highest BCUT2D eigenvalue weighted by atomic mass is 15.0. The van der Waals surface area contributed by atoms with Gasteiger partial charge in [0.1, 0.15) is 0 Å². The molecule has 0 amide bonds. The highest BCUT2D eigenvalue weighted by Crippen LogP contribution is 2.38. The van der Waals surface area contributed by atoms with E-state index in [0.29, 0.717) is 6.04 Å². The summed E-state index contributed by atoms with van der Waals surface area (Å²) >= 11 is 0. The zero-order valence-corrected chi connectivity index (χ0v) is 9.37. The van der Waals surface area contributed by atoms with E-state index in [1.807, 2.05) is 0 Å². The average molecular weight is 212 g/mol. The summed E-state index contributed by atoms with van der Waals surface area (Å²) in [5.74, 6) is 0.103. The number of fused-ring (bicyclic) bond motifs is 1. The minimum absolute atomic E-state index is 0.103. The van der Waals surface area contributed by atoms with Crippen molar-refractivity contribution in [2.75, 3.05) is 5.32 Å². The fraction of sp³-hybridized carbons (Fsp3) is 0.500. The van der Waals surface area contributed by atoms with Crippen molar-refractivity contribution in [3.8, 4) is 6.07 Å². The van der Waals surface area contributed by atoms with Crippen molar-refractivity contribution >= 4 is 5.69 Å². The topological polar surface area (TPSA) is 35.8 Å². The molecule has 2 aliphatic rings. The molecule has 1 unspecified atom stereocenters. The number of nitriles is 1. The first kappa shape index (κ1) is 9.72. The van der Waals surface area contributed by atoms with Crippen LogP contribution in [0.25, 0.3) is 0 Å². The molecule has 0 spiro atoms. The smallest absolute Gasteiger partial charge is 0.0735 e. The maximum absolute atomic E-state index is 9.23. The molecule has 1 N–H and O–H groups in total. The maximum Gasteiger partial charge on any atom is 0.0735 e. The normalized spacial score (nSPS) is 23.3. The second-order valence-electron chi connectivity index (χ2n) is 4.87. The number of aryl methyl sites for hydroxylation is 1. The fourth-order valence-electron chi connectivity index (χ4n) is 2.59. The van der Waals surface area contributed by atoms with Crippen molar-refractivity contribution in [2.45, 2.75) is 44.1 Å². The van der Waals surface area contributed by atoms with Crippen LogP contribution in [0.4, 0.5) is 5.69 Å². The van der Waals surface area contributed by atoms with Gasteiger partial charge >= 0.3 is 0 Å². The molecule has 0 radical (unpaired) electrons. The minimum atomic E-state index is 0.103. The molecule has 82 valence electrons. The Morgan fingerprint density at radius 2 is 2.12 bits per heavy atom. The van der Waals surface area contributed by atoms with Crippen molar-refractivity contribution in [2.24, 2.45) is 0 Å². The van der Waals surface area contributed by atoms with E-state index in [9.17, 15) is 5.26 Å². The zero-order valence-electron chi connectivity index (χ0n) is 9.37. The summed E-state index contributed by atoms with van der Waals surface area (Å²) in [6.07, 6.45) is 5.86. The Morgan fingerprint density at radius 3 is 2.88 bits per heavy atom. The maximum atomic E-state index is 9.23. The first-order chi connectivity index (χ1) is 7.88. The summed E-state index contributed by atoms with van der Waals surface area (Å²) in [6, 6.07) is 9.54. The van der Waals surface area contributed by atoms with E-state index in [0.717, 1.165) is 19.3 Å². The Morgan fingerprint density at radius 1 is 1.25 bits per heavy atom. The van der Waals surface area contributed by atoms with Crippen molar-refractivity contribution < 1.29 is 0 Å². The highest BCUT2D eigenvalue weighted by molar-refractivity contribution is 5.59. The van der Waals surface area contributed by atoms with Gasteiger partial charge < -0.3 is 5.32 Å². The van der Waals surface area contributed by atoms with Crippen molar-refractivity contribution in [1.29, 1.82) is 5.26 Å². The van der Waals surface area contributed by atoms with Crippen LogP contribution >= 0.6 is 0 Å². The van der Waals surface area contributed by atoms with Crippen LogP contribution in [0.2, 0.25) is 0 Å². The summed E-state index contributed by atoms with van der Waals surface area (Å²) in [7, 11) is 0. The van der Waals surface area contributed by atoms with Crippen molar-refractivity contribution in [1.82, 2.24) is 0 Å². The van der Waals surface area contributed by atoms with Crippen LogP contribution in [0.15, 0.2) is 18.2 Å². The molecule has 1 aromatic rings. The van der Waals surface area contributed by atoms with Crippen LogP contribution in [0.1, 0.15) is 42.7 Å². The van der Waals surface area contributed by atoms with Crippen molar-refractivity contribution in [3.63, 3.8) is 0 Å².